The summed E-state index contributed by atoms with van der Waals surface area (Å²) in [5.74, 6) is -1.58. The fourth-order valence-corrected chi connectivity index (χ4v) is 2.39. The number of nitrogens with zero attached hydrogens (tertiary/aromatic N) is 2. The number of hydrogen-bond acceptors (Lipinski definition) is 3. The van der Waals surface area contributed by atoms with Gasteiger partial charge in [0, 0.05) is 24.9 Å². The zero-order valence-electron chi connectivity index (χ0n) is 10.2. The first kappa shape index (κ1) is 11.7. The number of carbonyl (C=O) groups excluding carboxylic acids is 1. The van der Waals surface area contributed by atoms with Crippen molar-refractivity contribution in [1.29, 1.82) is 0 Å². The molecule has 1 aromatic carbocycles. The van der Waals surface area contributed by atoms with Gasteiger partial charge >= 0.3 is 5.97 Å². The van der Waals surface area contributed by atoms with E-state index in [1.165, 1.54) is 0 Å². The standard InChI is InChI=1S/C13H13N3O3/c17-12-4-10(13(18)19)7-16(12)6-8-1-2-9-5-14-15-11(9)3-8/h1-3,5,10H,4,6-7H2,(H,14,15)(H,18,19). The lowest BCUT2D eigenvalue weighted by Gasteiger charge is -2.15. The molecule has 1 fully saturated rings. The number of carbonyl (C=O) groups is 2. The Morgan fingerprint density at radius 2 is 2.37 bits per heavy atom. The molecule has 0 radical (unpaired) electrons. The third-order valence-electron chi connectivity index (χ3n) is 3.44. The summed E-state index contributed by atoms with van der Waals surface area (Å²) < 4.78 is 0. The smallest absolute Gasteiger partial charge is 0.308 e. The fraction of sp³-hybridized carbons (Fsp3) is 0.308. The van der Waals surface area contributed by atoms with Crippen molar-refractivity contribution in [3.63, 3.8) is 0 Å². The number of carboxylic acids is 1. The van der Waals surface area contributed by atoms with Gasteiger partial charge in [-0.3, -0.25) is 14.7 Å². The highest BCUT2D eigenvalue weighted by Gasteiger charge is 2.34. The Morgan fingerprint density at radius 1 is 1.53 bits per heavy atom. The van der Waals surface area contributed by atoms with Gasteiger partial charge in [0.15, 0.2) is 0 Å². The van der Waals surface area contributed by atoms with Crippen LogP contribution in [0.2, 0.25) is 0 Å². The average Bonchev–Trinajstić information content (AvgIpc) is 2.96. The Morgan fingerprint density at radius 3 is 3.11 bits per heavy atom. The fourth-order valence-electron chi connectivity index (χ4n) is 2.39. The summed E-state index contributed by atoms with van der Waals surface area (Å²) in [4.78, 5) is 24.2. The van der Waals surface area contributed by atoms with Crippen molar-refractivity contribution in [2.24, 2.45) is 5.92 Å². The van der Waals surface area contributed by atoms with Gasteiger partial charge in [0.05, 0.1) is 17.6 Å². The SMILES string of the molecule is O=C(O)C1CC(=O)N(Cc2ccc3cn[nH]c3c2)C1. The first-order valence-corrected chi connectivity index (χ1v) is 6.06. The molecule has 0 spiro atoms. The van der Waals surface area contributed by atoms with Crippen molar-refractivity contribution < 1.29 is 14.7 Å². The van der Waals surface area contributed by atoms with Crippen LogP contribution in [0.5, 0.6) is 0 Å². The monoisotopic (exact) mass is 259 g/mol. The third-order valence-corrected chi connectivity index (χ3v) is 3.44. The first-order valence-electron chi connectivity index (χ1n) is 6.06. The molecule has 1 unspecified atom stereocenters. The number of aromatic amines is 1. The summed E-state index contributed by atoms with van der Waals surface area (Å²) in [6, 6.07) is 5.80. The molecule has 2 aromatic rings. The Labute approximate surface area is 109 Å². The molecule has 2 N–H and O–H groups in total. The predicted molar refractivity (Wildman–Crippen MR) is 67.3 cm³/mol. The van der Waals surface area contributed by atoms with Gasteiger partial charge in [-0.1, -0.05) is 12.1 Å². The molecule has 98 valence electrons. The molecule has 1 aliphatic heterocycles. The average molecular weight is 259 g/mol. The second kappa shape index (κ2) is 4.38. The van der Waals surface area contributed by atoms with Crippen LogP contribution in [0.15, 0.2) is 24.4 Å². The minimum atomic E-state index is -0.903. The molecule has 6 nitrogen and oxygen atoms in total. The zero-order valence-corrected chi connectivity index (χ0v) is 10.2. The molecule has 0 bridgehead atoms. The van der Waals surface area contributed by atoms with Crippen LogP contribution in [-0.4, -0.2) is 38.6 Å². The number of fused-ring (bicyclic) bond motifs is 1. The molecule has 1 aromatic heterocycles. The summed E-state index contributed by atoms with van der Waals surface area (Å²) in [7, 11) is 0. The summed E-state index contributed by atoms with van der Waals surface area (Å²) in [5.41, 5.74) is 1.88. The van der Waals surface area contributed by atoms with E-state index in [1.807, 2.05) is 18.2 Å². The number of likely N-dealkylation sites (tertiary alicyclic amines) is 1. The molecule has 1 amide bonds. The Hall–Kier alpha value is -2.37. The van der Waals surface area contributed by atoms with Crippen LogP contribution < -0.4 is 0 Å². The third kappa shape index (κ3) is 2.16. The zero-order chi connectivity index (χ0) is 13.4. The van der Waals surface area contributed by atoms with Crippen LogP contribution >= 0.6 is 0 Å². The number of aliphatic carboxylic acids is 1. The molecule has 0 aliphatic carbocycles. The molecule has 1 atom stereocenters. The highest BCUT2D eigenvalue weighted by atomic mass is 16.4. The van der Waals surface area contributed by atoms with E-state index >= 15 is 0 Å². The van der Waals surface area contributed by atoms with Crippen LogP contribution in [0, 0.1) is 5.92 Å². The first-order chi connectivity index (χ1) is 9.13. The number of aromatic nitrogens is 2. The maximum Gasteiger partial charge on any atom is 0.308 e. The van der Waals surface area contributed by atoms with E-state index < -0.39 is 11.9 Å². The number of rotatable bonds is 3. The van der Waals surface area contributed by atoms with Crippen molar-refractivity contribution in [2.45, 2.75) is 13.0 Å². The maximum atomic E-state index is 11.7. The molecule has 3 rings (SSSR count). The lowest BCUT2D eigenvalue weighted by atomic mass is 10.1. The molecule has 19 heavy (non-hydrogen) atoms. The second-order valence-electron chi connectivity index (χ2n) is 4.81. The van der Waals surface area contributed by atoms with Crippen LogP contribution in [-0.2, 0) is 16.1 Å². The molecule has 0 saturated carbocycles. The van der Waals surface area contributed by atoms with Gasteiger partial charge in [-0.25, -0.2) is 0 Å². The number of H-pyrrole nitrogens is 1. The van der Waals surface area contributed by atoms with E-state index in [0.29, 0.717) is 6.54 Å². The molecule has 6 heteroatoms. The summed E-state index contributed by atoms with van der Waals surface area (Å²) in [6.07, 6.45) is 1.84. The number of carboxylic acid groups (broad SMARTS) is 1. The van der Waals surface area contributed by atoms with Gasteiger partial charge in [-0.2, -0.15) is 5.10 Å². The van der Waals surface area contributed by atoms with E-state index in [0.717, 1.165) is 16.5 Å². The molecule has 2 heterocycles. The van der Waals surface area contributed by atoms with Gasteiger partial charge in [0.25, 0.3) is 0 Å². The van der Waals surface area contributed by atoms with Crippen molar-refractivity contribution in [3.05, 3.63) is 30.0 Å². The van der Waals surface area contributed by atoms with E-state index in [2.05, 4.69) is 10.2 Å². The predicted octanol–water partition coefficient (Wildman–Crippen LogP) is 0.996. The Kier molecular flexibility index (Phi) is 2.70. The van der Waals surface area contributed by atoms with Crippen molar-refractivity contribution in [3.8, 4) is 0 Å². The molecular weight excluding hydrogens is 246 g/mol. The van der Waals surface area contributed by atoms with Gasteiger partial charge < -0.3 is 10.0 Å². The highest BCUT2D eigenvalue weighted by molar-refractivity contribution is 5.86. The minimum absolute atomic E-state index is 0.0988. The maximum absolute atomic E-state index is 11.7. The Bertz CT molecular complexity index is 649. The highest BCUT2D eigenvalue weighted by Crippen LogP contribution is 2.21. The largest absolute Gasteiger partial charge is 0.481 e. The van der Waals surface area contributed by atoms with E-state index in [-0.39, 0.29) is 18.9 Å². The van der Waals surface area contributed by atoms with Crippen LogP contribution in [0.1, 0.15) is 12.0 Å². The van der Waals surface area contributed by atoms with E-state index in [1.54, 1.807) is 11.1 Å². The topological polar surface area (TPSA) is 86.3 Å². The Balaban J connectivity index is 1.77. The van der Waals surface area contributed by atoms with Gasteiger partial charge in [-0.05, 0) is 11.6 Å². The van der Waals surface area contributed by atoms with Crippen molar-refractivity contribution in [2.75, 3.05) is 6.54 Å². The van der Waals surface area contributed by atoms with Gasteiger partial charge in [0.2, 0.25) is 5.91 Å². The van der Waals surface area contributed by atoms with Crippen LogP contribution in [0.4, 0.5) is 0 Å². The quantitative estimate of drug-likeness (QED) is 0.860. The minimum Gasteiger partial charge on any atom is -0.481 e. The lowest BCUT2D eigenvalue weighted by molar-refractivity contribution is -0.141. The number of hydrogen-bond donors (Lipinski definition) is 2. The molecule has 1 saturated heterocycles. The van der Waals surface area contributed by atoms with Gasteiger partial charge in [0.1, 0.15) is 0 Å². The number of nitrogens with one attached hydrogen (secondary N) is 1. The van der Waals surface area contributed by atoms with E-state index in [9.17, 15) is 9.59 Å². The number of benzene rings is 1. The summed E-state index contributed by atoms with van der Waals surface area (Å²) in [6.45, 7) is 0.729. The normalized spacial score (nSPS) is 19.3. The van der Waals surface area contributed by atoms with Crippen LogP contribution in [0.3, 0.4) is 0 Å². The van der Waals surface area contributed by atoms with Crippen molar-refractivity contribution in [1.82, 2.24) is 15.1 Å². The molecule has 1 aliphatic rings. The second-order valence-corrected chi connectivity index (χ2v) is 4.81. The summed E-state index contributed by atoms with van der Waals surface area (Å²) >= 11 is 0. The molecular formula is C13H13N3O3. The van der Waals surface area contributed by atoms with Gasteiger partial charge in [-0.15, -0.1) is 0 Å². The summed E-state index contributed by atoms with van der Waals surface area (Å²) in [5, 5.41) is 16.8. The van der Waals surface area contributed by atoms with Crippen molar-refractivity contribution >= 4 is 22.8 Å². The number of amides is 1. The van der Waals surface area contributed by atoms with Crippen LogP contribution in [0.25, 0.3) is 10.9 Å². The van der Waals surface area contributed by atoms with E-state index in [4.69, 9.17) is 5.11 Å². The lowest BCUT2D eigenvalue weighted by Crippen LogP contribution is -2.25.